The molecule has 2 rings (SSSR count). The van der Waals surface area contributed by atoms with Gasteiger partial charge in [0.2, 0.25) is 10.0 Å². The average Bonchev–Trinajstić information content (AvgIpc) is 2.55. The number of nitrogens with zero attached hydrogens (tertiary/aromatic N) is 1. The third-order valence-corrected chi connectivity index (χ3v) is 4.43. The minimum atomic E-state index is -3.55. The predicted octanol–water partition coefficient (Wildman–Crippen LogP) is 1.50. The third kappa shape index (κ3) is 5.48. The summed E-state index contributed by atoms with van der Waals surface area (Å²) < 4.78 is 31.0. The average molecular weight is 365 g/mol. The lowest BCUT2D eigenvalue weighted by Gasteiger charge is -2.17. The first-order valence-corrected chi connectivity index (χ1v) is 9.94. The van der Waals surface area contributed by atoms with Gasteiger partial charge in [-0.05, 0) is 26.3 Å². The van der Waals surface area contributed by atoms with Gasteiger partial charge in [-0.2, -0.15) is 0 Å². The summed E-state index contributed by atoms with van der Waals surface area (Å²) in [5, 5.41) is 1.59. The third-order valence-electron chi connectivity index (χ3n) is 3.72. The van der Waals surface area contributed by atoms with E-state index in [0.29, 0.717) is 37.3 Å². The maximum Gasteiger partial charge on any atom is 0.329 e. The highest BCUT2D eigenvalue weighted by molar-refractivity contribution is 7.88. The smallest absolute Gasteiger partial charge is 0.329 e. The predicted molar refractivity (Wildman–Crippen MR) is 96.8 cm³/mol. The standard InChI is InChI=1S/C17H23N3O4S/c1-12-16(14-8-4-3-7-13(14)11-19-12)24-17(21)15(9-5-6-10-18)20-25(2,22)23/h3-4,7-8,11,15,20H,5-6,9-10,18H2,1-2H3/t15-/m0/s1. The quantitative estimate of drug-likeness (QED) is 0.542. The first-order chi connectivity index (χ1) is 11.8. The highest BCUT2D eigenvalue weighted by atomic mass is 32.2. The molecule has 0 aliphatic rings. The van der Waals surface area contributed by atoms with Crippen LogP contribution >= 0.6 is 0 Å². The number of aromatic nitrogens is 1. The van der Waals surface area contributed by atoms with Crippen LogP contribution in [0.3, 0.4) is 0 Å². The number of fused-ring (bicyclic) bond motifs is 1. The van der Waals surface area contributed by atoms with Crippen LogP contribution in [0.2, 0.25) is 0 Å². The summed E-state index contributed by atoms with van der Waals surface area (Å²) in [6.45, 7) is 2.22. The Bertz CT molecular complexity index is 852. The minimum Gasteiger partial charge on any atom is -0.423 e. The molecule has 8 heteroatoms. The van der Waals surface area contributed by atoms with Gasteiger partial charge in [-0.15, -0.1) is 0 Å². The number of unbranched alkanes of at least 4 members (excludes halogenated alkanes) is 1. The molecule has 0 bridgehead atoms. The molecule has 0 radical (unpaired) electrons. The van der Waals surface area contributed by atoms with E-state index in [0.717, 1.165) is 17.0 Å². The first kappa shape index (κ1) is 19.3. The molecule has 0 saturated carbocycles. The number of esters is 1. The largest absolute Gasteiger partial charge is 0.423 e. The van der Waals surface area contributed by atoms with Crippen molar-refractivity contribution in [2.24, 2.45) is 5.73 Å². The van der Waals surface area contributed by atoms with Gasteiger partial charge in [0.15, 0.2) is 5.75 Å². The van der Waals surface area contributed by atoms with Gasteiger partial charge in [-0.1, -0.05) is 30.7 Å². The van der Waals surface area contributed by atoms with Crippen molar-refractivity contribution in [3.05, 3.63) is 36.2 Å². The van der Waals surface area contributed by atoms with Gasteiger partial charge in [-0.3, -0.25) is 4.98 Å². The highest BCUT2D eigenvalue weighted by Gasteiger charge is 2.25. The molecule has 0 amide bonds. The van der Waals surface area contributed by atoms with E-state index >= 15 is 0 Å². The Labute approximate surface area is 147 Å². The summed E-state index contributed by atoms with van der Waals surface area (Å²) in [6, 6.07) is 6.45. The zero-order chi connectivity index (χ0) is 18.4. The second kappa shape index (κ2) is 8.37. The van der Waals surface area contributed by atoms with Crippen LogP contribution in [-0.4, -0.2) is 38.2 Å². The van der Waals surface area contributed by atoms with Crippen molar-refractivity contribution in [2.75, 3.05) is 12.8 Å². The molecule has 1 aromatic carbocycles. The van der Waals surface area contributed by atoms with Crippen molar-refractivity contribution >= 4 is 26.8 Å². The van der Waals surface area contributed by atoms with Crippen molar-refractivity contribution in [1.82, 2.24) is 9.71 Å². The van der Waals surface area contributed by atoms with Gasteiger partial charge in [0.05, 0.1) is 11.9 Å². The van der Waals surface area contributed by atoms with E-state index in [4.69, 9.17) is 10.5 Å². The molecule has 1 atom stereocenters. The SMILES string of the molecule is Cc1ncc2ccccc2c1OC(=O)[C@H](CCCCN)NS(C)(=O)=O. The Morgan fingerprint density at radius 2 is 2.04 bits per heavy atom. The molecule has 0 unspecified atom stereocenters. The van der Waals surface area contributed by atoms with Gasteiger partial charge >= 0.3 is 5.97 Å². The van der Waals surface area contributed by atoms with Gasteiger partial charge in [0.1, 0.15) is 6.04 Å². The van der Waals surface area contributed by atoms with Crippen LogP contribution in [0.1, 0.15) is 25.0 Å². The number of benzene rings is 1. The van der Waals surface area contributed by atoms with E-state index in [2.05, 4.69) is 9.71 Å². The second-order valence-corrected chi connectivity index (χ2v) is 7.69. The number of ether oxygens (including phenoxy) is 1. The number of pyridine rings is 1. The van der Waals surface area contributed by atoms with E-state index < -0.39 is 22.0 Å². The fraction of sp³-hybridized carbons (Fsp3) is 0.412. The number of aryl methyl sites for hydroxylation is 1. The number of rotatable bonds is 8. The molecule has 0 aliphatic heterocycles. The van der Waals surface area contributed by atoms with Gasteiger partial charge in [-0.25, -0.2) is 17.9 Å². The Hall–Kier alpha value is -2.03. The molecule has 136 valence electrons. The molecule has 1 heterocycles. The first-order valence-electron chi connectivity index (χ1n) is 8.05. The normalized spacial score (nSPS) is 12.9. The van der Waals surface area contributed by atoms with E-state index in [1.165, 1.54) is 0 Å². The summed E-state index contributed by atoms with van der Waals surface area (Å²) in [5.41, 5.74) is 6.02. The summed E-state index contributed by atoms with van der Waals surface area (Å²) in [5.74, 6) is -0.300. The van der Waals surface area contributed by atoms with E-state index in [1.54, 1.807) is 13.1 Å². The fourth-order valence-corrected chi connectivity index (χ4v) is 3.24. The molecule has 0 spiro atoms. The number of nitrogens with two attached hydrogens (primary N) is 1. The lowest BCUT2D eigenvalue weighted by Crippen LogP contribution is -2.42. The maximum absolute atomic E-state index is 12.6. The van der Waals surface area contributed by atoms with Crippen LogP contribution in [0.5, 0.6) is 5.75 Å². The lowest BCUT2D eigenvalue weighted by molar-refractivity contribution is -0.136. The van der Waals surface area contributed by atoms with Crippen LogP contribution in [0.25, 0.3) is 10.8 Å². The van der Waals surface area contributed by atoms with Crippen LogP contribution < -0.4 is 15.2 Å². The number of hydrogen-bond acceptors (Lipinski definition) is 6. The molecular weight excluding hydrogens is 342 g/mol. The second-order valence-electron chi connectivity index (χ2n) is 5.91. The molecule has 3 N–H and O–H groups in total. The van der Waals surface area contributed by atoms with Crippen molar-refractivity contribution in [3.63, 3.8) is 0 Å². The van der Waals surface area contributed by atoms with Crippen molar-refractivity contribution in [3.8, 4) is 5.75 Å². The van der Waals surface area contributed by atoms with Crippen LogP contribution in [-0.2, 0) is 14.8 Å². The maximum atomic E-state index is 12.6. The summed E-state index contributed by atoms with van der Waals surface area (Å²) in [6.07, 6.45) is 4.35. The summed E-state index contributed by atoms with van der Waals surface area (Å²) in [4.78, 5) is 16.8. The van der Waals surface area contributed by atoms with Crippen LogP contribution in [0, 0.1) is 6.92 Å². The molecule has 2 aromatic rings. The Kier molecular flexibility index (Phi) is 6.46. The summed E-state index contributed by atoms with van der Waals surface area (Å²) in [7, 11) is -3.55. The number of carbonyl (C=O) groups is 1. The zero-order valence-electron chi connectivity index (χ0n) is 14.4. The van der Waals surface area contributed by atoms with Crippen LogP contribution in [0.15, 0.2) is 30.5 Å². The number of carbonyl (C=O) groups excluding carboxylic acids is 1. The van der Waals surface area contributed by atoms with Crippen molar-refractivity contribution < 1.29 is 17.9 Å². The van der Waals surface area contributed by atoms with Gasteiger partial charge in [0.25, 0.3) is 0 Å². The number of hydrogen-bond donors (Lipinski definition) is 2. The van der Waals surface area contributed by atoms with E-state index in [-0.39, 0.29) is 0 Å². The molecule has 0 aliphatic carbocycles. The molecule has 1 aromatic heterocycles. The Morgan fingerprint density at radius 1 is 1.32 bits per heavy atom. The number of nitrogens with one attached hydrogen (secondary N) is 1. The molecule has 0 fully saturated rings. The van der Waals surface area contributed by atoms with Gasteiger partial charge < -0.3 is 10.5 Å². The molecule has 7 nitrogen and oxygen atoms in total. The Morgan fingerprint density at radius 3 is 2.72 bits per heavy atom. The highest BCUT2D eigenvalue weighted by Crippen LogP contribution is 2.28. The topological polar surface area (TPSA) is 111 Å². The number of sulfonamides is 1. The van der Waals surface area contributed by atoms with E-state index in [9.17, 15) is 13.2 Å². The molecular formula is C17H23N3O4S. The monoisotopic (exact) mass is 365 g/mol. The van der Waals surface area contributed by atoms with Crippen molar-refractivity contribution in [2.45, 2.75) is 32.2 Å². The summed E-state index contributed by atoms with van der Waals surface area (Å²) >= 11 is 0. The lowest BCUT2D eigenvalue weighted by atomic mass is 10.1. The van der Waals surface area contributed by atoms with Gasteiger partial charge in [0, 0.05) is 17.0 Å². The van der Waals surface area contributed by atoms with E-state index in [1.807, 2.05) is 24.3 Å². The van der Waals surface area contributed by atoms with Crippen molar-refractivity contribution in [1.29, 1.82) is 0 Å². The Balaban J connectivity index is 2.26. The zero-order valence-corrected chi connectivity index (χ0v) is 15.2. The molecule has 0 saturated heterocycles. The molecule has 25 heavy (non-hydrogen) atoms. The minimum absolute atomic E-state index is 0.320. The fourth-order valence-electron chi connectivity index (χ4n) is 2.51. The van der Waals surface area contributed by atoms with Crippen LogP contribution in [0.4, 0.5) is 0 Å².